The number of benzene rings is 1. The fourth-order valence-corrected chi connectivity index (χ4v) is 6.19. The maximum absolute atomic E-state index is 12.6. The SMILES string of the molecule is COC(=O)c1c(NC(=O)c2ccc(Br)s2)sc2c1CC[C@H](c1ccccc1)C2. The van der Waals surface area contributed by atoms with Crippen LogP contribution in [0.25, 0.3) is 0 Å². The van der Waals surface area contributed by atoms with Gasteiger partial charge in [-0.2, -0.15) is 0 Å². The molecule has 1 aliphatic carbocycles. The first-order valence-electron chi connectivity index (χ1n) is 8.91. The van der Waals surface area contributed by atoms with Gasteiger partial charge in [0.05, 0.1) is 21.3 Å². The largest absolute Gasteiger partial charge is 0.465 e. The number of hydrogen-bond donors (Lipinski definition) is 1. The highest BCUT2D eigenvalue weighted by molar-refractivity contribution is 9.11. The van der Waals surface area contributed by atoms with E-state index < -0.39 is 5.97 Å². The molecule has 0 unspecified atom stereocenters. The molecule has 0 spiro atoms. The second kappa shape index (κ2) is 8.19. The Morgan fingerprint density at radius 1 is 1.14 bits per heavy atom. The first-order valence-corrected chi connectivity index (χ1v) is 11.3. The molecule has 2 heterocycles. The van der Waals surface area contributed by atoms with Crippen LogP contribution in [0.4, 0.5) is 5.00 Å². The maximum Gasteiger partial charge on any atom is 0.341 e. The Morgan fingerprint density at radius 3 is 2.61 bits per heavy atom. The minimum atomic E-state index is -0.390. The van der Waals surface area contributed by atoms with Crippen molar-refractivity contribution in [3.05, 3.63) is 72.7 Å². The summed E-state index contributed by atoms with van der Waals surface area (Å²) >= 11 is 6.23. The van der Waals surface area contributed by atoms with Crippen molar-refractivity contribution >= 4 is 55.5 Å². The highest BCUT2D eigenvalue weighted by Gasteiger charge is 2.30. The lowest BCUT2D eigenvalue weighted by Gasteiger charge is -2.22. The van der Waals surface area contributed by atoms with Crippen molar-refractivity contribution in [1.29, 1.82) is 0 Å². The van der Waals surface area contributed by atoms with Gasteiger partial charge in [0.25, 0.3) is 5.91 Å². The van der Waals surface area contributed by atoms with E-state index in [4.69, 9.17) is 4.74 Å². The molecule has 2 aromatic heterocycles. The van der Waals surface area contributed by atoms with E-state index in [1.807, 2.05) is 12.1 Å². The van der Waals surface area contributed by atoms with Gasteiger partial charge in [-0.05, 0) is 64.4 Å². The number of ether oxygens (including phenoxy) is 1. The number of carbonyl (C=O) groups excluding carboxylic acids is 2. The topological polar surface area (TPSA) is 55.4 Å². The summed E-state index contributed by atoms with van der Waals surface area (Å²) in [6.07, 6.45) is 2.65. The van der Waals surface area contributed by atoms with Gasteiger partial charge in [0.2, 0.25) is 0 Å². The van der Waals surface area contributed by atoms with Crippen LogP contribution in [0.5, 0.6) is 0 Å². The fourth-order valence-electron chi connectivity index (χ4n) is 3.60. The average molecular weight is 476 g/mol. The van der Waals surface area contributed by atoms with Gasteiger partial charge in [0, 0.05) is 4.88 Å². The molecule has 7 heteroatoms. The van der Waals surface area contributed by atoms with Crippen molar-refractivity contribution in [2.24, 2.45) is 0 Å². The molecule has 1 amide bonds. The molecule has 0 radical (unpaired) electrons. The number of esters is 1. The molecule has 1 aromatic carbocycles. The van der Waals surface area contributed by atoms with Crippen LogP contribution in [0, 0.1) is 0 Å². The number of carbonyl (C=O) groups is 2. The van der Waals surface area contributed by atoms with E-state index in [2.05, 4.69) is 45.5 Å². The number of amides is 1. The summed E-state index contributed by atoms with van der Waals surface area (Å²) < 4.78 is 5.91. The third-order valence-electron chi connectivity index (χ3n) is 4.95. The smallest absolute Gasteiger partial charge is 0.341 e. The molecule has 4 rings (SSSR count). The maximum atomic E-state index is 12.6. The molecule has 3 aromatic rings. The number of halogens is 1. The van der Waals surface area contributed by atoms with Crippen LogP contribution >= 0.6 is 38.6 Å². The van der Waals surface area contributed by atoms with Crippen LogP contribution in [0.2, 0.25) is 0 Å². The zero-order valence-electron chi connectivity index (χ0n) is 15.2. The van der Waals surface area contributed by atoms with E-state index in [0.717, 1.165) is 33.5 Å². The van der Waals surface area contributed by atoms with Gasteiger partial charge in [-0.25, -0.2) is 4.79 Å². The Morgan fingerprint density at radius 2 is 1.93 bits per heavy atom. The van der Waals surface area contributed by atoms with Crippen LogP contribution < -0.4 is 5.32 Å². The standard InChI is InChI=1S/C21H18BrNO3S2/c1-26-21(25)18-14-8-7-13(12-5-3-2-4-6-12)11-16(14)28-20(18)23-19(24)15-9-10-17(22)27-15/h2-6,9-10,13H,7-8,11H2,1H3,(H,23,24)/t13-/m0/s1. The summed E-state index contributed by atoms with van der Waals surface area (Å²) in [4.78, 5) is 26.8. The monoisotopic (exact) mass is 475 g/mol. The molecule has 1 N–H and O–H groups in total. The number of thiophene rings is 2. The molecular weight excluding hydrogens is 458 g/mol. The van der Waals surface area contributed by atoms with E-state index >= 15 is 0 Å². The molecule has 0 saturated heterocycles. The van der Waals surface area contributed by atoms with E-state index in [1.54, 1.807) is 6.07 Å². The van der Waals surface area contributed by atoms with Crippen LogP contribution in [0.1, 0.15) is 48.4 Å². The molecule has 0 fully saturated rings. The molecule has 0 aliphatic heterocycles. The first-order chi connectivity index (χ1) is 13.6. The second-order valence-electron chi connectivity index (χ2n) is 6.61. The molecular formula is C21H18BrNO3S2. The number of anilines is 1. The number of nitrogens with one attached hydrogen (secondary N) is 1. The second-order valence-corrected chi connectivity index (χ2v) is 10.2. The molecule has 4 nitrogen and oxygen atoms in total. The number of methoxy groups -OCH3 is 1. The zero-order chi connectivity index (χ0) is 19.7. The number of hydrogen-bond acceptors (Lipinski definition) is 5. The predicted octanol–water partition coefficient (Wildman–Crippen LogP) is 5.88. The van der Waals surface area contributed by atoms with Crippen LogP contribution in [0.3, 0.4) is 0 Å². The van der Waals surface area contributed by atoms with Gasteiger partial charge >= 0.3 is 5.97 Å². The highest BCUT2D eigenvalue weighted by Crippen LogP contribution is 2.43. The molecule has 1 atom stereocenters. The van der Waals surface area contributed by atoms with Crippen molar-refractivity contribution in [1.82, 2.24) is 0 Å². The fraction of sp³-hybridized carbons (Fsp3) is 0.238. The third-order valence-corrected chi connectivity index (χ3v) is 7.74. The van der Waals surface area contributed by atoms with Crippen molar-refractivity contribution < 1.29 is 14.3 Å². The Balaban J connectivity index is 1.65. The van der Waals surface area contributed by atoms with E-state index in [-0.39, 0.29) is 5.91 Å². The summed E-state index contributed by atoms with van der Waals surface area (Å²) in [6.45, 7) is 0. The Bertz CT molecular complexity index is 1030. The lowest BCUT2D eigenvalue weighted by molar-refractivity contribution is 0.0601. The van der Waals surface area contributed by atoms with Gasteiger partial charge < -0.3 is 10.1 Å². The van der Waals surface area contributed by atoms with Crippen molar-refractivity contribution in [2.45, 2.75) is 25.2 Å². The Labute approximate surface area is 179 Å². The van der Waals surface area contributed by atoms with Crippen LogP contribution in [0.15, 0.2) is 46.3 Å². The summed E-state index contributed by atoms with van der Waals surface area (Å²) in [5.74, 6) is -0.174. The molecule has 0 saturated carbocycles. The molecule has 28 heavy (non-hydrogen) atoms. The van der Waals surface area contributed by atoms with Gasteiger partial charge in [-0.1, -0.05) is 30.3 Å². The average Bonchev–Trinajstić information content (AvgIpc) is 3.30. The van der Waals surface area contributed by atoms with Gasteiger partial charge in [0.1, 0.15) is 5.00 Å². The lowest BCUT2D eigenvalue weighted by Crippen LogP contribution is -2.15. The highest BCUT2D eigenvalue weighted by atomic mass is 79.9. The van der Waals surface area contributed by atoms with E-state index in [1.165, 1.54) is 35.3 Å². The third kappa shape index (κ3) is 3.79. The van der Waals surface area contributed by atoms with Gasteiger partial charge in [-0.15, -0.1) is 22.7 Å². The molecule has 144 valence electrons. The van der Waals surface area contributed by atoms with Crippen molar-refractivity contribution in [3.8, 4) is 0 Å². The minimum absolute atomic E-state index is 0.209. The minimum Gasteiger partial charge on any atom is -0.465 e. The number of rotatable bonds is 4. The van der Waals surface area contributed by atoms with E-state index in [9.17, 15) is 9.59 Å². The summed E-state index contributed by atoms with van der Waals surface area (Å²) in [6, 6.07) is 14.1. The normalized spacial score (nSPS) is 15.7. The summed E-state index contributed by atoms with van der Waals surface area (Å²) in [5, 5.41) is 3.52. The molecule has 0 bridgehead atoms. The zero-order valence-corrected chi connectivity index (χ0v) is 18.4. The lowest BCUT2D eigenvalue weighted by atomic mass is 9.83. The van der Waals surface area contributed by atoms with Crippen molar-refractivity contribution in [2.75, 3.05) is 12.4 Å². The van der Waals surface area contributed by atoms with Crippen LogP contribution in [-0.2, 0) is 17.6 Å². The Kier molecular flexibility index (Phi) is 5.66. The predicted molar refractivity (Wildman–Crippen MR) is 117 cm³/mol. The molecule has 1 aliphatic rings. The number of fused-ring (bicyclic) bond motifs is 1. The summed E-state index contributed by atoms with van der Waals surface area (Å²) in [5.41, 5.74) is 2.85. The Hall–Kier alpha value is -1.96. The quantitative estimate of drug-likeness (QED) is 0.479. The van der Waals surface area contributed by atoms with Crippen molar-refractivity contribution in [3.63, 3.8) is 0 Å². The van der Waals surface area contributed by atoms with Crippen LogP contribution in [-0.4, -0.2) is 19.0 Å². The van der Waals surface area contributed by atoms with Gasteiger partial charge in [0.15, 0.2) is 0 Å². The first kappa shape index (κ1) is 19.4. The van der Waals surface area contributed by atoms with Gasteiger partial charge in [-0.3, -0.25) is 4.79 Å². The van der Waals surface area contributed by atoms with E-state index in [0.29, 0.717) is 21.4 Å². The summed E-state index contributed by atoms with van der Waals surface area (Å²) in [7, 11) is 1.38.